The first-order chi connectivity index (χ1) is 13.8. The number of rotatable bonds is 8. The van der Waals surface area contributed by atoms with Gasteiger partial charge in [-0.3, -0.25) is 0 Å². The Kier molecular flexibility index (Phi) is 8.16. The fourth-order valence-corrected chi connectivity index (χ4v) is 3.64. The van der Waals surface area contributed by atoms with Gasteiger partial charge in [-0.1, -0.05) is 12.1 Å². The smallest absolute Gasteiger partial charge is 0.338 e. The first kappa shape index (κ1) is 22.8. The van der Waals surface area contributed by atoms with Crippen molar-refractivity contribution in [2.75, 3.05) is 40.9 Å². The lowest BCUT2D eigenvalue weighted by molar-refractivity contribution is -0.858. The molecule has 2 N–H and O–H groups in total. The SMILES string of the molecule is CCOC(=O)C1=C(C)N(CCC[NH+](C)C)C(=S)N[C@H]1c1ccc(C(=O)OC)cc1. The molecule has 7 nitrogen and oxygen atoms in total. The third-order valence-corrected chi connectivity index (χ3v) is 5.15. The van der Waals surface area contributed by atoms with Crippen molar-refractivity contribution in [2.24, 2.45) is 0 Å². The van der Waals surface area contributed by atoms with E-state index < -0.39 is 12.0 Å². The van der Waals surface area contributed by atoms with E-state index >= 15 is 0 Å². The summed E-state index contributed by atoms with van der Waals surface area (Å²) in [5, 5.41) is 3.85. The van der Waals surface area contributed by atoms with E-state index in [1.807, 2.05) is 11.8 Å². The van der Waals surface area contributed by atoms with Gasteiger partial charge >= 0.3 is 11.9 Å². The molecule has 1 atom stereocenters. The van der Waals surface area contributed by atoms with Crippen LogP contribution in [0.2, 0.25) is 0 Å². The summed E-state index contributed by atoms with van der Waals surface area (Å²) in [6.07, 6.45) is 0.941. The van der Waals surface area contributed by atoms with Gasteiger partial charge in [0.15, 0.2) is 5.11 Å². The van der Waals surface area contributed by atoms with E-state index in [9.17, 15) is 9.59 Å². The molecule has 0 spiro atoms. The van der Waals surface area contributed by atoms with Crippen molar-refractivity contribution in [3.05, 3.63) is 46.7 Å². The number of carbonyl (C=O) groups excluding carboxylic acids is 2. The van der Waals surface area contributed by atoms with E-state index in [0.29, 0.717) is 16.2 Å². The second-order valence-electron chi connectivity index (χ2n) is 7.18. The Morgan fingerprint density at radius 3 is 2.41 bits per heavy atom. The summed E-state index contributed by atoms with van der Waals surface area (Å²) < 4.78 is 10.1. The third-order valence-electron chi connectivity index (χ3n) is 4.82. The molecule has 0 radical (unpaired) electrons. The largest absolute Gasteiger partial charge is 0.465 e. The summed E-state index contributed by atoms with van der Waals surface area (Å²) in [6, 6.07) is 6.50. The minimum atomic E-state index is -0.441. The zero-order valence-electron chi connectivity index (χ0n) is 17.7. The molecular weight excluding hydrogens is 390 g/mol. The Bertz CT molecular complexity index is 790. The Balaban J connectivity index is 2.38. The van der Waals surface area contributed by atoms with Crippen LogP contribution in [0.1, 0.15) is 42.2 Å². The average Bonchev–Trinajstić information content (AvgIpc) is 2.69. The summed E-state index contributed by atoms with van der Waals surface area (Å²) in [5.74, 6) is -0.777. The van der Waals surface area contributed by atoms with Crippen molar-refractivity contribution in [3.8, 4) is 0 Å². The maximum atomic E-state index is 12.8. The molecule has 158 valence electrons. The fraction of sp³-hybridized carbons (Fsp3) is 0.476. The number of hydrogen-bond acceptors (Lipinski definition) is 5. The third kappa shape index (κ3) is 5.55. The van der Waals surface area contributed by atoms with Crippen molar-refractivity contribution < 1.29 is 24.0 Å². The molecular formula is C21H30N3O4S+. The van der Waals surface area contributed by atoms with Crippen molar-refractivity contribution in [2.45, 2.75) is 26.3 Å². The van der Waals surface area contributed by atoms with Crippen molar-refractivity contribution in [3.63, 3.8) is 0 Å². The Morgan fingerprint density at radius 2 is 1.86 bits per heavy atom. The minimum absolute atomic E-state index is 0.290. The van der Waals surface area contributed by atoms with Gasteiger partial charge in [-0.25, -0.2) is 9.59 Å². The van der Waals surface area contributed by atoms with Gasteiger partial charge in [0.05, 0.1) is 51.5 Å². The van der Waals surface area contributed by atoms with Crippen LogP contribution in [0, 0.1) is 0 Å². The monoisotopic (exact) mass is 420 g/mol. The number of benzene rings is 1. The average molecular weight is 421 g/mol. The number of quaternary nitrogens is 1. The minimum Gasteiger partial charge on any atom is -0.465 e. The highest BCUT2D eigenvalue weighted by atomic mass is 32.1. The van der Waals surface area contributed by atoms with Gasteiger partial charge in [0.1, 0.15) is 0 Å². The predicted octanol–water partition coefficient (Wildman–Crippen LogP) is 1.08. The van der Waals surface area contributed by atoms with E-state index in [4.69, 9.17) is 21.7 Å². The molecule has 1 aromatic rings. The molecule has 0 aliphatic carbocycles. The number of carbonyl (C=O) groups is 2. The molecule has 1 aliphatic rings. The van der Waals surface area contributed by atoms with E-state index in [1.165, 1.54) is 12.0 Å². The normalized spacial score (nSPS) is 16.7. The molecule has 0 unspecified atom stereocenters. The zero-order valence-corrected chi connectivity index (χ0v) is 18.5. The molecule has 1 heterocycles. The van der Waals surface area contributed by atoms with Crippen LogP contribution in [0.3, 0.4) is 0 Å². The van der Waals surface area contributed by atoms with Gasteiger partial charge in [-0.05, 0) is 43.8 Å². The summed E-state index contributed by atoms with van der Waals surface area (Å²) in [5.41, 5.74) is 2.59. The van der Waals surface area contributed by atoms with Gasteiger partial charge in [-0.2, -0.15) is 0 Å². The molecule has 0 fully saturated rings. The summed E-state index contributed by atoms with van der Waals surface area (Å²) >= 11 is 5.60. The lowest BCUT2D eigenvalue weighted by Gasteiger charge is -2.37. The Morgan fingerprint density at radius 1 is 1.21 bits per heavy atom. The van der Waals surface area contributed by atoms with Gasteiger partial charge in [0.25, 0.3) is 0 Å². The van der Waals surface area contributed by atoms with Crippen molar-refractivity contribution in [1.29, 1.82) is 0 Å². The maximum Gasteiger partial charge on any atom is 0.338 e. The topological polar surface area (TPSA) is 72.3 Å². The molecule has 1 aliphatic heterocycles. The maximum absolute atomic E-state index is 12.8. The van der Waals surface area contributed by atoms with Crippen LogP contribution < -0.4 is 10.2 Å². The van der Waals surface area contributed by atoms with Crippen molar-refractivity contribution >= 4 is 29.3 Å². The number of ether oxygens (including phenoxy) is 2. The lowest BCUT2D eigenvalue weighted by atomic mass is 9.94. The van der Waals surface area contributed by atoms with Crippen molar-refractivity contribution in [1.82, 2.24) is 10.2 Å². The molecule has 1 aromatic carbocycles. The molecule has 0 saturated carbocycles. The van der Waals surface area contributed by atoms with Crippen LogP contribution in [-0.2, 0) is 14.3 Å². The van der Waals surface area contributed by atoms with E-state index in [0.717, 1.165) is 30.8 Å². The van der Waals surface area contributed by atoms with Gasteiger partial charge < -0.3 is 24.6 Å². The summed E-state index contributed by atoms with van der Waals surface area (Å²) in [7, 11) is 5.55. The van der Waals surface area contributed by atoms with E-state index in [2.05, 4.69) is 19.4 Å². The molecule has 8 heteroatoms. The Labute approximate surface area is 177 Å². The van der Waals surface area contributed by atoms with Gasteiger partial charge in [-0.15, -0.1) is 0 Å². The highest BCUT2D eigenvalue weighted by Gasteiger charge is 2.34. The number of nitrogens with one attached hydrogen (secondary N) is 2. The summed E-state index contributed by atoms with van der Waals surface area (Å²) in [4.78, 5) is 27.8. The predicted molar refractivity (Wildman–Crippen MR) is 115 cm³/mol. The quantitative estimate of drug-likeness (QED) is 0.482. The number of esters is 2. The highest BCUT2D eigenvalue weighted by molar-refractivity contribution is 7.80. The van der Waals surface area contributed by atoms with Crippen LogP contribution in [-0.4, -0.2) is 62.9 Å². The molecule has 0 aromatic heterocycles. The second-order valence-corrected chi connectivity index (χ2v) is 7.56. The van der Waals surface area contributed by atoms with E-state index in [-0.39, 0.29) is 12.6 Å². The van der Waals surface area contributed by atoms with Gasteiger partial charge in [0, 0.05) is 18.7 Å². The number of hydrogen-bond donors (Lipinski definition) is 2. The fourth-order valence-electron chi connectivity index (χ4n) is 3.29. The highest BCUT2D eigenvalue weighted by Crippen LogP contribution is 2.31. The number of nitrogens with zero attached hydrogens (tertiary/aromatic N) is 1. The van der Waals surface area contributed by atoms with Crippen LogP contribution in [0.25, 0.3) is 0 Å². The number of allylic oxidation sites excluding steroid dienone is 1. The van der Waals surface area contributed by atoms with Crippen LogP contribution in [0.15, 0.2) is 35.5 Å². The van der Waals surface area contributed by atoms with Crippen LogP contribution in [0.5, 0.6) is 0 Å². The number of methoxy groups -OCH3 is 1. The molecule has 2 rings (SSSR count). The van der Waals surface area contributed by atoms with Crippen LogP contribution >= 0.6 is 12.2 Å². The molecule has 0 bridgehead atoms. The lowest BCUT2D eigenvalue weighted by Crippen LogP contribution is -3.05. The molecule has 29 heavy (non-hydrogen) atoms. The standard InChI is InChI=1S/C21H29N3O4S/c1-6-28-20(26)17-14(2)24(13-7-12-23(3)4)21(29)22-18(17)15-8-10-16(11-9-15)19(25)27-5/h8-11,18H,6-7,12-13H2,1-5H3,(H,22,29)/p+1/t18-/m0/s1. The number of thiocarbonyl (C=S) groups is 1. The van der Waals surface area contributed by atoms with Crippen LogP contribution in [0.4, 0.5) is 0 Å². The van der Waals surface area contributed by atoms with E-state index in [1.54, 1.807) is 31.2 Å². The first-order valence-electron chi connectivity index (χ1n) is 9.73. The van der Waals surface area contributed by atoms with Gasteiger partial charge in [0.2, 0.25) is 0 Å². The zero-order chi connectivity index (χ0) is 21.6. The Hall–Kier alpha value is -2.45. The molecule has 0 amide bonds. The molecule has 0 saturated heterocycles. The first-order valence-corrected chi connectivity index (χ1v) is 10.1. The summed E-state index contributed by atoms with van der Waals surface area (Å²) in [6.45, 7) is 5.70. The second kappa shape index (κ2) is 10.4.